The van der Waals surface area contributed by atoms with Gasteiger partial charge in [0.1, 0.15) is 18.1 Å². The number of urea groups is 1. The average Bonchev–Trinajstić information content (AvgIpc) is 2.89. The average molecular weight is 575 g/mol. The number of hydrogen-bond acceptors (Lipinski definition) is 8. The van der Waals surface area contributed by atoms with E-state index in [4.69, 9.17) is 25.8 Å². The highest BCUT2D eigenvalue weighted by molar-refractivity contribution is 6.33. The van der Waals surface area contributed by atoms with Crippen molar-refractivity contribution in [1.82, 2.24) is 15.2 Å². The molecule has 2 amide bonds. The summed E-state index contributed by atoms with van der Waals surface area (Å²) < 4.78 is 17.6. The maximum absolute atomic E-state index is 12.3. The topological polar surface area (TPSA) is 125 Å². The first-order chi connectivity index (χ1) is 19.1. The molecule has 3 rings (SSSR count). The molecular formula is C29H39ClN4O6. The van der Waals surface area contributed by atoms with Gasteiger partial charge in [0.05, 0.1) is 36.6 Å². The number of rotatable bonds is 14. The molecule has 1 aromatic heterocycles. The van der Waals surface area contributed by atoms with E-state index in [9.17, 15) is 15.0 Å². The standard InChI is InChI=1S/C29H39ClN4O6/c1-29(2,3)8-10-32-28(37)33-23-6-5-20(17-22(23)30)40-25-7-9-31-24-19-27(26(38-4)18-21(24)25)39-16-13-34(11-14-35)12-15-36/h5-7,9,17-19,35-36H,8,10-16H2,1-4H3,(H2,32,33,37). The van der Waals surface area contributed by atoms with E-state index < -0.39 is 0 Å². The Kier molecular flexibility index (Phi) is 11.6. The summed E-state index contributed by atoms with van der Waals surface area (Å²) in [5.41, 5.74) is 1.25. The van der Waals surface area contributed by atoms with Crippen molar-refractivity contribution >= 4 is 34.2 Å². The number of aliphatic hydroxyl groups excluding tert-OH is 2. The van der Waals surface area contributed by atoms with E-state index >= 15 is 0 Å². The van der Waals surface area contributed by atoms with Crippen molar-refractivity contribution in [3.63, 3.8) is 0 Å². The fourth-order valence-electron chi connectivity index (χ4n) is 3.90. The van der Waals surface area contributed by atoms with Crippen LogP contribution in [-0.4, -0.2) is 79.2 Å². The second kappa shape index (κ2) is 14.9. The van der Waals surface area contributed by atoms with E-state index in [0.29, 0.717) is 77.4 Å². The number of ether oxygens (including phenoxy) is 3. The van der Waals surface area contributed by atoms with E-state index in [0.717, 1.165) is 6.42 Å². The van der Waals surface area contributed by atoms with Crippen LogP contribution in [0.5, 0.6) is 23.0 Å². The predicted molar refractivity (Wildman–Crippen MR) is 157 cm³/mol. The maximum atomic E-state index is 12.3. The van der Waals surface area contributed by atoms with Crippen LogP contribution >= 0.6 is 11.6 Å². The third-order valence-electron chi connectivity index (χ3n) is 6.06. The number of carbonyl (C=O) groups is 1. The molecule has 11 heteroatoms. The fraction of sp³-hybridized carbons (Fsp3) is 0.448. The minimum atomic E-state index is -0.320. The lowest BCUT2D eigenvalue weighted by molar-refractivity contribution is 0.140. The van der Waals surface area contributed by atoms with Crippen LogP contribution < -0.4 is 24.8 Å². The molecule has 0 unspecified atom stereocenters. The van der Waals surface area contributed by atoms with E-state index in [1.807, 2.05) is 4.90 Å². The van der Waals surface area contributed by atoms with Gasteiger partial charge in [-0.2, -0.15) is 0 Å². The second-order valence-corrected chi connectivity index (χ2v) is 10.8. The second-order valence-electron chi connectivity index (χ2n) is 10.4. The zero-order chi connectivity index (χ0) is 29.1. The highest BCUT2D eigenvalue weighted by Gasteiger charge is 2.15. The van der Waals surface area contributed by atoms with Crippen molar-refractivity contribution in [2.75, 3.05) is 58.4 Å². The molecular weight excluding hydrogens is 536 g/mol. The Bertz CT molecular complexity index is 1260. The van der Waals surface area contributed by atoms with Gasteiger partial charge in [0, 0.05) is 49.9 Å². The largest absolute Gasteiger partial charge is 0.493 e. The Balaban J connectivity index is 1.70. The van der Waals surface area contributed by atoms with Crippen molar-refractivity contribution in [1.29, 1.82) is 0 Å². The van der Waals surface area contributed by atoms with Gasteiger partial charge >= 0.3 is 6.03 Å². The summed E-state index contributed by atoms with van der Waals surface area (Å²) in [6.45, 7) is 8.69. The summed E-state index contributed by atoms with van der Waals surface area (Å²) >= 11 is 6.44. The van der Waals surface area contributed by atoms with Crippen LogP contribution in [0, 0.1) is 5.41 Å². The third-order valence-corrected chi connectivity index (χ3v) is 6.37. The number of benzene rings is 2. The van der Waals surface area contributed by atoms with Gasteiger partial charge in [-0.25, -0.2) is 4.79 Å². The Morgan fingerprint density at radius 2 is 1.77 bits per heavy atom. The van der Waals surface area contributed by atoms with Crippen molar-refractivity contribution in [3.8, 4) is 23.0 Å². The minimum absolute atomic E-state index is 0.00341. The summed E-state index contributed by atoms with van der Waals surface area (Å²) in [6.07, 6.45) is 2.49. The molecule has 10 nitrogen and oxygen atoms in total. The van der Waals surface area contributed by atoms with Gasteiger partial charge in [-0.1, -0.05) is 32.4 Å². The molecule has 0 radical (unpaired) electrons. The highest BCUT2D eigenvalue weighted by Crippen LogP contribution is 2.38. The number of halogens is 1. The number of methoxy groups -OCH3 is 1. The number of pyridine rings is 1. The number of hydrogen-bond donors (Lipinski definition) is 4. The van der Waals surface area contributed by atoms with Gasteiger partial charge in [0.25, 0.3) is 0 Å². The predicted octanol–water partition coefficient (Wildman–Crippen LogP) is 4.91. The molecule has 0 spiro atoms. The van der Waals surface area contributed by atoms with Crippen LogP contribution in [0.3, 0.4) is 0 Å². The molecule has 4 N–H and O–H groups in total. The van der Waals surface area contributed by atoms with Gasteiger partial charge in [-0.3, -0.25) is 9.88 Å². The number of anilines is 1. The third kappa shape index (κ3) is 9.41. The SMILES string of the molecule is COc1cc2c(Oc3ccc(NC(=O)NCCC(C)(C)C)c(Cl)c3)ccnc2cc1OCCN(CCO)CCO. The first-order valence-electron chi connectivity index (χ1n) is 13.2. The van der Waals surface area contributed by atoms with Gasteiger partial charge in [-0.15, -0.1) is 0 Å². The van der Waals surface area contributed by atoms with E-state index in [1.54, 1.807) is 49.7 Å². The molecule has 3 aromatic rings. The minimum Gasteiger partial charge on any atom is -0.493 e. The summed E-state index contributed by atoms with van der Waals surface area (Å²) in [5, 5.41) is 25.1. The van der Waals surface area contributed by atoms with Crippen LogP contribution in [-0.2, 0) is 0 Å². The monoisotopic (exact) mass is 574 g/mol. The summed E-state index contributed by atoms with van der Waals surface area (Å²) in [6, 6.07) is 10.0. The Labute approximate surface area is 240 Å². The Morgan fingerprint density at radius 1 is 1.02 bits per heavy atom. The summed E-state index contributed by atoms with van der Waals surface area (Å²) in [5.74, 6) is 2.06. The number of fused-ring (bicyclic) bond motifs is 1. The Hall–Kier alpha value is -3.31. The van der Waals surface area contributed by atoms with Crippen molar-refractivity contribution in [2.45, 2.75) is 27.2 Å². The lowest BCUT2D eigenvalue weighted by Crippen LogP contribution is -2.33. The number of aliphatic hydroxyl groups is 2. The fourth-order valence-corrected chi connectivity index (χ4v) is 4.12. The van der Waals surface area contributed by atoms with Crippen LogP contribution in [0.2, 0.25) is 5.02 Å². The zero-order valence-electron chi connectivity index (χ0n) is 23.5. The van der Waals surface area contributed by atoms with Gasteiger partial charge in [0.15, 0.2) is 11.5 Å². The number of nitrogens with one attached hydrogen (secondary N) is 2. The quantitative estimate of drug-likeness (QED) is 0.214. The molecule has 0 saturated carbocycles. The number of amides is 2. The first-order valence-corrected chi connectivity index (χ1v) is 13.6. The summed E-state index contributed by atoms with van der Waals surface area (Å²) in [7, 11) is 1.56. The molecule has 0 aliphatic carbocycles. The molecule has 0 aliphatic rings. The Morgan fingerprint density at radius 3 is 2.42 bits per heavy atom. The van der Waals surface area contributed by atoms with Gasteiger partial charge < -0.3 is 35.1 Å². The van der Waals surface area contributed by atoms with E-state index in [1.165, 1.54) is 0 Å². The maximum Gasteiger partial charge on any atom is 0.319 e. The van der Waals surface area contributed by atoms with Crippen molar-refractivity contribution < 1.29 is 29.2 Å². The first kappa shape index (κ1) is 31.2. The highest BCUT2D eigenvalue weighted by atomic mass is 35.5. The lowest BCUT2D eigenvalue weighted by atomic mass is 9.92. The van der Waals surface area contributed by atoms with Gasteiger partial charge in [0.2, 0.25) is 0 Å². The molecule has 0 atom stereocenters. The van der Waals surface area contributed by atoms with Crippen LogP contribution in [0.25, 0.3) is 10.9 Å². The number of carbonyl (C=O) groups excluding carboxylic acids is 1. The molecule has 40 heavy (non-hydrogen) atoms. The molecule has 0 bridgehead atoms. The molecule has 218 valence electrons. The molecule has 2 aromatic carbocycles. The smallest absolute Gasteiger partial charge is 0.319 e. The molecule has 0 aliphatic heterocycles. The van der Waals surface area contributed by atoms with Gasteiger partial charge in [-0.05, 0) is 36.1 Å². The van der Waals surface area contributed by atoms with Crippen LogP contribution in [0.15, 0.2) is 42.6 Å². The number of nitrogens with zero attached hydrogens (tertiary/aromatic N) is 2. The normalized spacial score (nSPS) is 11.5. The van der Waals surface area contributed by atoms with E-state index in [-0.39, 0.29) is 24.7 Å². The van der Waals surface area contributed by atoms with Crippen molar-refractivity contribution in [2.24, 2.45) is 5.41 Å². The lowest BCUT2D eigenvalue weighted by Gasteiger charge is -2.20. The molecule has 1 heterocycles. The summed E-state index contributed by atoms with van der Waals surface area (Å²) in [4.78, 5) is 18.6. The van der Waals surface area contributed by atoms with Crippen LogP contribution in [0.4, 0.5) is 10.5 Å². The van der Waals surface area contributed by atoms with E-state index in [2.05, 4.69) is 36.4 Å². The van der Waals surface area contributed by atoms with Crippen LogP contribution in [0.1, 0.15) is 27.2 Å². The van der Waals surface area contributed by atoms with Crippen molar-refractivity contribution in [3.05, 3.63) is 47.6 Å². The molecule has 0 saturated heterocycles. The number of aromatic nitrogens is 1. The zero-order valence-corrected chi connectivity index (χ0v) is 24.3. The molecule has 0 fully saturated rings.